The topological polar surface area (TPSA) is 91.2 Å². The van der Waals surface area contributed by atoms with Gasteiger partial charge in [-0.1, -0.05) is 65.9 Å². The van der Waals surface area contributed by atoms with Crippen molar-refractivity contribution in [2.45, 2.75) is 19.6 Å². The zero-order valence-corrected chi connectivity index (χ0v) is 27.7. The first kappa shape index (κ1) is 31.1. The lowest BCUT2D eigenvalue weighted by molar-refractivity contribution is -0.113. The van der Waals surface area contributed by atoms with E-state index in [1.165, 1.54) is 11.3 Å². The Morgan fingerprint density at radius 2 is 1.70 bits per heavy atom. The number of aromatic nitrogens is 1. The molecule has 46 heavy (non-hydrogen) atoms. The zero-order valence-electron chi connectivity index (χ0n) is 25.3. The Morgan fingerprint density at radius 1 is 0.957 bits per heavy atom. The van der Waals surface area contributed by atoms with Crippen LogP contribution in [0.2, 0.25) is 0 Å². The largest absolute Gasteiger partial charge is 0.497 e. The third kappa shape index (κ3) is 6.40. The molecule has 6 rings (SSSR count). The number of hydrogen-bond acceptors (Lipinski definition) is 7. The minimum atomic E-state index is -0.802. The molecule has 0 unspecified atom stereocenters. The number of carbonyl (C=O) groups excluding carboxylic acids is 1. The number of ether oxygens (including phenoxy) is 3. The summed E-state index contributed by atoms with van der Waals surface area (Å²) in [7, 11) is 3.12. The molecule has 1 aromatic heterocycles. The number of halogens is 1. The van der Waals surface area contributed by atoms with E-state index in [0.29, 0.717) is 55.7 Å². The lowest BCUT2D eigenvalue weighted by Gasteiger charge is -2.26. The molecule has 4 aromatic carbocycles. The van der Waals surface area contributed by atoms with Crippen molar-refractivity contribution in [2.75, 3.05) is 19.5 Å². The number of thiazole rings is 1. The number of anilines is 1. The molecule has 5 aromatic rings. The monoisotopic (exact) mass is 695 g/mol. The normalized spacial score (nSPS) is 14.3. The highest BCUT2D eigenvalue weighted by atomic mass is 79.9. The number of carbonyl (C=O) groups is 1. The van der Waals surface area contributed by atoms with Crippen LogP contribution < -0.4 is 34.4 Å². The molecule has 1 atom stereocenters. The van der Waals surface area contributed by atoms with Crippen molar-refractivity contribution in [2.24, 2.45) is 4.99 Å². The van der Waals surface area contributed by atoms with Crippen LogP contribution in [0.3, 0.4) is 0 Å². The van der Waals surface area contributed by atoms with Crippen LogP contribution >= 0.6 is 27.3 Å². The van der Waals surface area contributed by atoms with Crippen LogP contribution in [0, 0.1) is 0 Å². The summed E-state index contributed by atoms with van der Waals surface area (Å²) >= 11 is 4.88. The molecule has 0 spiro atoms. The Balaban J connectivity index is 1.42. The van der Waals surface area contributed by atoms with Gasteiger partial charge in [0.1, 0.15) is 29.9 Å². The molecule has 1 amide bonds. The zero-order chi connectivity index (χ0) is 32.2. The summed E-state index contributed by atoms with van der Waals surface area (Å²) in [6.07, 6.45) is 1.82. The van der Waals surface area contributed by atoms with E-state index in [1.807, 2.05) is 91.0 Å². The number of methoxy groups -OCH3 is 2. The van der Waals surface area contributed by atoms with Crippen LogP contribution in [0.25, 0.3) is 6.08 Å². The minimum Gasteiger partial charge on any atom is -0.497 e. The molecule has 1 N–H and O–H groups in total. The van der Waals surface area contributed by atoms with Crippen LogP contribution in [0.15, 0.2) is 123 Å². The maximum atomic E-state index is 14.2. The first-order valence-corrected chi connectivity index (χ1v) is 16.0. The molecule has 232 valence electrons. The standard InChI is InChI=1S/C36H30BrN3O5S/c1-22-32(34(41)39-25-12-8-5-9-13-25)33(27-16-15-26(43-2)20-30(27)44-3)40-35(42)31(46-36(40)38-22)19-24-14-17-29(28(37)18-24)45-21-23-10-6-4-7-11-23/h4-20,33H,21H2,1-3H3,(H,39,41)/b31-19-/t33-/m1/s1. The first-order valence-electron chi connectivity index (χ1n) is 14.4. The van der Waals surface area contributed by atoms with Gasteiger partial charge < -0.3 is 19.5 Å². The number of rotatable bonds is 9. The van der Waals surface area contributed by atoms with E-state index in [9.17, 15) is 9.59 Å². The van der Waals surface area contributed by atoms with Gasteiger partial charge in [0.15, 0.2) is 4.80 Å². The molecule has 2 heterocycles. The Hall–Kier alpha value is -4.93. The fraction of sp³-hybridized carbons (Fsp3) is 0.139. The Morgan fingerprint density at radius 3 is 2.39 bits per heavy atom. The van der Waals surface area contributed by atoms with Crippen LogP contribution in [0.5, 0.6) is 17.2 Å². The lowest BCUT2D eigenvalue weighted by Crippen LogP contribution is -2.40. The van der Waals surface area contributed by atoms with Crippen molar-refractivity contribution in [3.63, 3.8) is 0 Å². The van der Waals surface area contributed by atoms with Gasteiger partial charge in [0.05, 0.1) is 34.5 Å². The van der Waals surface area contributed by atoms with Gasteiger partial charge in [-0.3, -0.25) is 14.2 Å². The van der Waals surface area contributed by atoms with Crippen molar-refractivity contribution in [3.05, 3.63) is 149 Å². The summed E-state index contributed by atoms with van der Waals surface area (Å²) in [6, 6.07) is 29.3. The second-order valence-electron chi connectivity index (χ2n) is 10.5. The second-order valence-corrected chi connectivity index (χ2v) is 12.3. The average Bonchev–Trinajstić information content (AvgIpc) is 3.37. The van der Waals surface area contributed by atoms with Gasteiger partial charge in [-0.15, -0.1) is 0 Å². The van der Waals surface area contributed by atoms with Crippen LogP contribution in [0.4, 0.5) is 5.69 Å². The molecule has 0 saturated heterocycles. The number of hydrogen-bond donors (Lipinski definition) is 1. The van der Waals surface area contributed by atoms with Gasteiger partial charge in [-0.25, -0.2) is 4.99 Å². The fourth-order valence-electron chi connectivity index (χ4n) is 5.28. The predicted molar refractivity (Wildman–Crippen MR) is 183 cm³/mol. The highest BCUT2D eigenvalue weighted by molar-refractivity contribution is 9.10. The first-order chi connectivity index (χ1) is 22.4. The molecular weight excluding hydrogens is 666 g/mol. The van der Waals surface area contributed by atoms with E-state index in [4.69, 9.17) is 19.2 Å². The predicted octanol–water partition coefficient (Wildman–Crippen LogP) is 6.23. The van der Waals surface area contributed by atoms with E-state index < -0.39 is 6.04 Å². The van der Waals surface area contributed by atoms with Crippen molar-refractivity contribution in [1.82, 2.24) is 4.57 Å². The lowest BCUT2D eigenvalue weighted by atomic mass is 9.94. The summed E-state index contributed by atoms with van der Waals surface area (Å²) in [5.41, 5.74) is 3.71. The van der Waals surface area contributed by atoms with E-state index >= 15 is 0 Å². The van der Waals surface area contributed by atoms with Gasteiger partial charge in [0, 0.05) is 17.3 Å². The van der Waals surface area contributed by atoms with Crippen LogP contribution in [-0.2, 0) is 11.4 Å². The Kier molecular flexibility index (Phi) is 9.18. The van der Waals surface area contributed by atoms with Crippen molar-refractivity contribution in [1.29, 1.82) is 0 Å². The van der Waals surface area contributed by atoms with E-state index in [2.05, 4.69) is 21.2 Å². The summed E-state index contributed by atoms with van der Waals surface area (Å²) < 4.78 is 20.0. The Labute approximate surface area is 278 Å². The molecule has 0 saturated carbocycles. The van der Waals surface area contributed by atoms with Crippen molar-refractivity contribution >= 4 is 44.9 Å². The van der Waals surface area contributed by atoms with E-state index in [0.717, 1.165) is 15.6 Å². The van der Waals surface area contributed by atoms with Gasteiger partial charge in [-0.2, -0.15) is 0 Å². The molecule has 10 heteroatoms. The number of nitrogens with zero attached hydrogens (tertiary/aromatic N) is 2. The smallest absolute Gasteiger partial charge is 0.271 e. The highest BCUT2D eigenvalue weighted by Gasteiger charge is 2.34. The maximum absolute atomic E-state index is 14.2. The van der Waals surface area contributed by atoms with E-state index in [-0.39, 0.29) is 11.5 Å². The average molecular weight is 697 g/mol. The molecular formula is C36H30BrN3O5S. The van der Waals surface area contributed by atoms with Crippen molar-refractivity contribution in [3.8, 4) is 17.2 Å². The summed E-state index contributed by atoms with van der Waals surface area (Å²) in [5.74, 6) is 1.40. The molecule has 0 radical (unpaired) electrons. The fourth-order valence-corrected chi connectivity index (χ4v) is 6.84. The van der Waals surface area contributed by atoms with Crippen molar-refractivity contribution < 1.29 is 19.0 Å². The number of benzene rings is 4. The number of amides is 1. The molecule has 0 bridgehead atoms. The molecule has 1 aliphatic rings. The molecule has 8 nitrogen and oxygen atoms in total. The number of para-hydroxylation sites is 1. The number of allylic oxidation sites excluding steroid dienone is 1. The van der Waals surface area contributed by atoms with Gasteiger partial charge in [-0.05, 0) is 76.5 Å². The van der Waals surface area contributed by atoms with Gasteiger partial charge in [0.2, 0.25) is 0 Å². The van der Waals surface area contributed by atoms with Crippen LogP contribution in [-0.4, -0.2) is 24.7 Å². The third-order valence-electron chi connectivity index (χ3n) is 7.52. The summed E-state index contributed by atoms with van der Waals surface area (Å²) in [6.45, 7) is 2.22. The number of nitrogens with one attached hydrogen (secondary N) is 1. The molecule has 1 aliphatic heterocycles. The Bertz CT molecular complexity index is 2120. The second kappa shape index (κ2) is 13.6. The van der Waals surface area contributed by atoms with Crippen LogP contribution in [0.1, 0.15) is 29.7 Å². The molecule has 0 fully saturated rings. The highest BCUT2D eigenvalue weighted by Crippen LogP contribution is 2.37. The maximum Gasteiger partial charge on any atom is 0.271 e. The quantitative estimate of drug-likeness (QED) is 0.197. The van der Waals surface area contributed by atoms with E-state index in [1.54, 1.807) is 37.8 Å². The van der Waals surface area contributed by atoms with Gasteiger partial charge in [0.25, 0.3) is 11.5 Å². The summed E-state index contributed by atoms with van der Waals surface area (Å²) in [4.78, 5) is 33.3. The number of fused-ring (bicyclic) bond motifs is 1. The minimum absolute atomic E-state index is 0.273. The summed E-state index contributed by atoms with van der Waals surface area (Å²) in [5, 5.41) is 2.97. The molecule has 0 aliphatic carbocycles. The third-order valence-corrected chi connectivity index (χ3v) is 9.13. The SMILES string of the molecule is COc1ccc([C@@H]2C(C(=O)Nc3ccccc3)=C(C)N=c3s/c(=C\c4ccc(OCc5ccccc5)c(Br)c4)c(=O)n32)c(OC)c1. The van der Waals surface area contributed by atoms with Gasteiger partial charge >= 0.3 is 0 Å².